The van der Waals surface area contributed by atoms with Crippen LogP contribution in [0.25, 0.3) is 0 Å². The Kier molecular flexibility index (Phi) is 5.22. The minimum absolute atomic E-state index is 0.192. The second kappa shape index (κ2) is 6.21. The molecule has 0 saturated carbocycles. The summed E-state index contributed by atoms with van der Waals surface area (Å²) in [5.74, 6) is -0.278. The molecule has 0 spiro atoms. The van der Waals surface area contributed by atoms with Crippen molar-refractivity contribution in [2.75, 3.05) is 6.61 Å². The second-order valence-electron chi connectivity index (χ2n) is 3.03. The molecule has 0 aromatic heterocycles. The Morgan fingerprint density at radius 1 is 1.62 bits per heavy atom. The van der Waals surface area contributed by atoms with E-state index in [4.69, 9.17) is 10.00 Å². The van der Waals surface area contributed by atoms with Crippen molar-refractivity contribution < 1.29 is 9.53 Å². The Hall–Kier alpha value is -0.610. The third-order valence-electron chi connectivity index (χ3n) is 1.86. The first-order valence-electron chi connectivity index (χ1n) is 4.62. The smallest absolute Gasteiger partial charge is 0.310 e. The summed E-state index contributed by atoms with van der Waals surface area (Å²) in [5, 5.41) is 8.91. The Labute approximate surface area is 116 Å². The van der Waals surface area contributed by atoms with Crippen LogP contribution in [-0.4, -0.2) is 12.6 Å². The number of carbonyl (C=O) groups excluding carboxylic acids is 1. The number of rotatable bonds is 3. The highest BCUT2D eigenvalue weighted by atomic mass is 127. The van der Waals surface area contributed by atoms with E-state index in [0.29, 0.717) is 12.2 Å². The summed E-state index contributed by atoms with van der Waals surface area (Å²) in [7, 11) is 0. The average molecular weight is 394 g/mol. The fraction of sp³-hybridized carbons (Fsp3) is 0.273. The molecule has 0 aliphatic carbocycles. The van der Waals surface area contributed by atoms with E-state index in [-0.39, 0.29) is 12.4 Å². The molecule has 0 atom stereocenters. The van der Waals surface area contributed by atoms with E-state index >= 15 is 0 Å². The fourth-order valence-corrected chi connectivity index (χ4v) is 2.15. The topological polar surface area (TPSA) is 50.1 Å². The number of nitriles is 1. The van der Waals surface area contributed by atoms with Gasteiger partial charge in [0.25, 0.3) is 0 Å². The van der Waals surface area contributed by atoms with Gasteiger partial charge in [-0.1, -0.05) is 0 Å². The summed E-state index contributed by atoms with van der Waals surface area (Å²) in [6.07, 6.45) is 0.192. The third-order valence-corrected chi connectivity index (χ3v) is 4.39. The largest absolute Gasteiger partial charge is 0.466 e. The number of hydrogen-bond donors (Lipinski definition) is 0. The second-order valence-corrected chi connectivity index (χ2v) is 4.97. The molecule has 0 fully saturated rings. The molecule has 1 rings (SSSR count). The highest BCUT2D eigenvalue weighted by Crippen LogP contribution is 2.24. The van der Waals surface area contributed by atoms with Crippen LogP contribution in [0.2, 0.25) is 0 Å². The van der Waals surface area contributed by atoms with Gasteiger partial charge in [0.05, 0.1) is 18.6 Å². The first-order valence-corrected chi connectivity index (χ1v) is 6.49. The molecule has 0 heterocycles. The van der Waals surface area contributed by atoms with Crippen LogP contribution in [0.3, 0.4) is 0 Å². The number of hydrogen-bond acceptors (Lipinski definition) is 3. The number of benzene rings is 1. The zero-order valence-corrected chi connectivity index (χ0v) is 12.3. The number of carbonyl (C=O) groups is 1. The molecule has 84 valence electrons. The van der Waals surface area contributed by atoms with E-state index in [1.807, 2.05) is 6.07 Å². The Balaban J connectivity index is 2.95. The lowest BCUT2D eigenvalue weighted by Gasteiger charge is -2.05. The van der Waals surface area contributed by atoms with Crippen LogP contribution in [0.15, 0.2) is 16.6 Å². The van der Waals surface area contributed by atoms with Crippen molar-refractivity contribution in [3.05, 3.63) is 31.3 Å². The average Bonchev–Trinajstić information content (AvgIpc) is 2.23. The first-order chi connectivity index (χ1) is 7.58. The van der Waals surface area contributed by atoms with Crippen molar-refractivity contribution in [1.82, 2.24) is 0 Å². The predicted molar refractivity (Wildman–Crippen MR) is 71.9 cm³/mol. The minimum Gasteiger partial charge on any atom is -0.466 e. The molecule has 0 amide bonds. The normalized spacial score (nSPS) is 9.62. The SMILES string of the molecule is CCOC(=O)Cc1cc(Br)c(I)c(C#N)c1. The zero-order chi connectivity index (χ0) is 12.1. The monoisotopic (exact) mass is 393 g/mol. The van der Waals surface area contributed by atoms with Crippen molar-refractivity contribution in [3.63, 3.8) is 0 Å². The molecule has 16 heavy (non-hydrogen) atoms. The molecule has 1 aromatic carbocycles. The van der Waals surface area contributed by atoms with E-state index in [9.17, 15) is 4.79 Å². The molecular formula is C11H9BrINO2. The number of ether oxygens (including phenoxy) is 1. The van der Waals surface area contributed by atoms with E-state index in [1.165, 1.54) is 0 Å². The molecular weight excluding hydrogens is 385 g/mol. The summed E-state index contributed by atoms with van der Waals surface area (Å²) >= 11 is 5.44. The Bertz CT molecular complexity index is 454. The molecule has 0 unspecified atom stereocenters. The van der Waals surface area contributed by atoms with Gasteiger partial charge in [0.2, 0.25) is 0 Å². The van der Waals surface area contributed by atoms with Gasteiger partial charge >= 0.3 is 5.97 Å². The Morgan fingerprint density at radius 2 is 2.31 bits per heavy atom. The summed E-state index contributed by atoms with van der Waals surface area (Å²) < 4.78 is 6.53. The summed E-state index contributed by atoms with van der Waals surface area (Å²) in [4.78, 5) is 11.3. The van der Waals surface area contributed by atoms with Gasteiger partial charge in [-0.05, 0) is 63.1 Å². The van der Waals surface area contributed by atoms with Crippen molar-refractivity contribution >= 4 is 44.5 Å². The van der Waals surface area contributed by atoms with Crippen LogP contribution in [0.5, 0.6) is 0 Å². The van der Waals surface area contributed by atoms with Crippen LogP contribution in [0.4, 0.5) is 0 Å². The summed E-state index contributed by atoms with van der Waals surface area (Å²) in [6, 6.07) is 5.64. The standard InChI is InChI=1S/C11H9BrINO2/c1-2-16-10(15)5-7-3-8(6-14)11(13)9(12)4-7/h3-4H,2,5H2,1H3. The van der Waals surface area contributed by atoms with Crippen LogP contribution < -0.4 is 0 Å². The highest BCUT2D eigenvalue weighted by Gasteiger charge is 2.10. The van der Waals surface area contributed by atoms with E-state index in [0.717, 1.165) is 13.6 Å². The molecule has 3 nitrogen and oxygen atoms in total. The van der Waals surface area contributed by atoms with E-state index in [2.05, 4.69) is 44.6 Å². The lowest BCUT2D eigenvalue weighted by atomic mass is 10.1. The molecule has 5 heteroatoms. The molecule has 0 aliphatic heterocycles. The van der Waals surface area contributed by atoms with Gasteiger partial charge in [0.1, 0.15) is 6.07 Å². The van der Waals surface area contributed by atoms with Crippen molar-refractivity contribution in [2.45, 2.75) is 13.3 Å². The van der Waals surface area contributed by atoms with Gasteiger partial charge in [-0.3, -0.25) is 4.79 Å². The van der Waals surface area contributed by atoms with Gasteiger partial charge in [-0.15, -0.1) is 0 Å². The minimum atomic E-state index is -0.278. The summed E-state index contributed by atoms with van der Waals surface area (Å²) in [5.41, 5.74) is 1.34. The van der Waals surface area contributed by atoms with Crippen LogP contribution >= 0.6 is 38.5 Å². The maximum absolute atomic E-state index is 11.3. The zero-order valence-electron chi connectivity index (χ0n) is 8.59. The van der Waals surface area contributed by atoms with Crippen molar-refractivity contribution in [2.24, 2.45) is 0 Å². The highest BCUT2D eigenvalue weighted by molar-refractivity contribution is 14.1. The van der Waals surface area contributed by atoms with Crippen LogP contribution in [-0.2, 0) is 16.0 Å². The molecule has 0 N–H and O–H groups in total. The molecule has 0 aliphatic rings. The van der Waals surface area contributed by atoms with Crippen molar-refractivity contribution in [3.8, 4) is 6.07 Å². The summed E-state index contributed by atoms with van der Waals surface area (Å²) in [6.45, 7) is 2.14. The molecule has 0 saturated heterocycles. The fourth-order valence-electron chi connectivity index (χ4n) is 1.21. The van der Waals surface area contributed by atoms with Gasteiger partial charge in [-0.25, -0.2) is 0 Å². The molecule has 1 aromatic rings. The number of halogens is 2. The Morgan fingerprint density at radius 3 is 2.88 bits per heavy atom. The van der Waals surface area contributed by atoms with Gasteiger partial charge in [0, 0.05) is 8.04 Å². The van der Waals surface area contributed by atoms with Crippen LogP contribution in [0.1, 0.15) is 18.1 Å². The van der Waals surface area contributed by atoms with E-state index in [1.54, 1.807) is 13.0 Å². The predicted octanol–water partition coefficient (Wildman–Crippen LogP) is 3.03. The maximum Gasteiger partial charge on any atom is 0.310 e. The maximum atomic E-state index is 11.3. The lowest BCUT2D eigenvalue weighted by molar-refractivity contribution is -0.142. The van der Waals surface area contributed by atoms with Gasteiger partial charge < -0.3 is 4.74 Å². The van der Waals surface area contributed by atoms with E-state index < -0.39 is 0 Å². The first kappa shape index (κ1) is 13.5. The molecule has 0 radical (unpaired) electrons. The lowest BCUT2D eigenvalue weighted by Crippen LogP contribution is -2.07. The van der Waals surface area contributed by atoms with Crippen LogP contribution in [0, 0.1) is 14.9 Å². The van der Waals surface area contributed by atoms with Gasteiger partial charge in [0.15, 0.2) is 0 Å². The van der Waals surface area contributed by atoms with Gasteiger partial charge in [-0.2, -0.15) is 5.26 Å². The number of esters is 1. The quantitative estimate of drug-likeness (QED) is 0.585. The van der Waals surface area contributed by atoms with Crippen molar-refractivity contribution in [1.29, 1.82) is 5.26 Å². The third kappa shape index (κ3) is 3.46. The number of nitrogens with zero attached hydrogens (tertiary/aromatic N) is 1. The molecule has 0 bridgehead atoms.